The highest BCUT2D eigenvalue weighted by Crippen LogP contribution is 2.17. The van der Waals surface area contributed by atoms with Crippen molar-refractivity contribution in [3.63, 3.8) is 0 Å². The van der Waals surface area contributed by atoms with E-state index in [9.17, 15) is 9.59 Å². The molecule has 0 saturated carbocycles. The van der Waals surface area contributed by atoms with Crippen LogP contribution in [-0.4, -0.2) is 23.5 Å². The second kappa shape index (κ2) is 8.15. The van der Waals surface area contributed by atoms with Crippen molar-refractivity contribution in [1.82, 2.24) is 0 Å². The molecule has 0 fully saturated rings. The number of aliphatic carboxylic acids is 1. The quantitative estimate of drug-likeness (QED) is 0.613. The highest BCUT2D eigenvalue weighted by molar-refractivity contribution is 5.91. The molecule has 1 rings (SSSR count). The molecule has 108 valence electrons. The maximum Gasteiger partial charge on any atom is 0.328 e. The highest BCUT2D eigenvalue weighted by Gasteiger charge is 2.10. The van der Waals surface area contributed by atoms with Crippen molar-refractivity contribution in [3.8, 4) is 0 Å². The summed E-state index contributed by atoms with van der Waals surface area (Å²) in [6.07, 6.45) is 5.82. The van der Waals surface area contributed by atoms with E-state index in [1.807, 2.05) is 24.3 Å². The van der Waals surface area contributed by atoms with Crippen LogP contribution < -0.4 is 4.90 Å². The van der Waals surface area contributed by atoms with Gasteiger partial charge in [-0.3, -0.25) is 4.79 Å². The van der Waals surface area contributed by atoms with Crippen LogP contribution in [0.1, 0.15) is 38.7 Å². The smallest absolute Gasteiger partial charge is 0.328 e. The zero-order chi connectivity index (χ0) is 15.0. The fourth-order valence-electron chi connectivity index (χ4n) is 1.92. The van der Waals surface area contributed by atoms with Crippen molar-refractivity contribution in [2.75, 3.05) is 11.4 Å². The van der Waals surface area contributed by atoms with Crippen molar-refractivity contribution >= 4 is 23.6 Å². The minimum Gasteiger partial charge on any atom is -0.478 e. The van der Waals surface area contributed by atoms with Gasteiger partial charge in [-0.15, -0.1) is 0 Å². The lowest BCUT2D eigenvalue weighted by Gasteiger charge is -2.21. The molecule has 0 spiro atoms. The van der Waals surface area contributed by atoms with E-state index < -0.39 is 5.97 Å². The molecular weight excluding hydrogens is 254 g/mol. The Morgan fingerprint density at radius 2 is 1.85 bits per heavy atom. The van der Waals surface area contributed by atoms with Crippen LogP contribution in [0.2, 0.25) is 0 Å². The standard InChI is InChI=1S/C16H21NO3/c1-3-4-5-12-17(13(2)18)15-9-6-14(7-10-15)8-11-16(19)20/h6-11H,3-5,12H2,1-2H3,(H,19,20). The lowest BCUT2D eigenvalue weighted by Crippen LogP contribution is -2.29. The second-order valence-corrected chi connectivity index (χ2v) is 4.64. The van der Waals surface area contributed by atoms with Gasteiger partial charge in [0.15, 0.2) is 0 Å². The van der Waals surface area contributed by atoms with Crippen molar-refractivity contribution in [2.45, 2.75) is 33.1 Å². The molecule has 0 aliphatic rings. The molecule has 4 heteroatoms. The normalized spacial score (nSPS) is 10.7. The lowest BCUT2D eigenvalue weighted by atomic mass is 10.1. The number of carbonyl (C=O) groups excluding carboxylic acids is 1. The number of carboxylic acids is 1. The summed E-state index contributed by atoms with van der Waals surface area (Å²) in [4.78, 5) is 23.9. The number of anilines is 1. The molecule has 0 radical (unpaired) electrons. The first-order valence-corrected chi connectivity index (χ1v) is 6.83. The maximum atomic E-state index is 11.7. The average molecular weight is 275 g/mol. The Balaban J connectivity index is 2.77. The summed E-state index contributed by atoms with van der Waals surface area (Å²) in [6, 6.07) is 7.30. The summed E-state index contributed by atoms with van der Waals surface area (Å²) in [5.74, 6) is -0.950. The number of unbranched alkanes of at least 4 members (excludes halogenated alkanes) is 2. The fourth-order valence-corrected chi connectivity index (χ4v) is 1.92. The van der Waals surface area contributed by atoms with Crippen molar-refractivity contribution in [3.05, 3.63) is 35.9 Å². The van der Waals surface area contributed by atoms with E-state index in [2.05, 4.69) is 6.92 Å². The van der Waals surface area contributed by atoms with Crippen LogP contribution in [0.25, 0.3) is 6.08 Å². The predicted molar refractivity (Wildman–Crippen MR) is 80.7 cm³/mol. The molecule has 0 aromatic heterocycles. The van der Waals surface area contributed by atoms with Gasteiger partial charge in [-0.1, -0.05) is 31.9 Å². The van der Waals surface area contributed by atoms with Crippen LogP contribution in [0.15, 0.2) is 30.3 Å². The average Bonchev–Trinajstić information content (AvgIpc) is 2.42. The van der Waals surface area contributed by atoms with E-state index in [-0.39, 0.29) is 5.91 Å². The van der Waals surface area contributed by atoms with Crippen molar-refractivity contribution in [1.29, 1.82) is 0 Å². The third-order valence-corrected chi connectivity index (χ3v) is 2.99. The zero-order valence-electron chi connectivity index (χ0n) is 12.0. The third-order valence-electron chi connectivity index (χ3n) is 2.99. The van der Waals surface area contributed by atoms with Crippen LogP contribution in [0, 0.1) is 0 Å². The molecule has 1 N–H and O–H groups in total. The third kappa shape index (κ3) is 5.26. The Bertz CT molecular complexity index is 477. The minimum absolute atomic E-state index is 0.0231. The fraction of sp³-hybridized carbons (Fsp3) is 0.375. The van der Waals surface area contributed by atoms with Gasteiger partial charge >= 0.3 is 5.97 Å². The van der Waals surface area contributed by atoms with Gasteiger partial charge in [0.05, 0.1) is 0 Å². The zero-order valence-corrected chi connectivity index (χ0v) is 12.0. The molecule has 20 heavy (non-hydrogen) atoms. The summed E-state index contributed by atoms with van der Waals surface area (Å²) in [5.41, 5.74) is 1.65. The van der Waals surface area contributed by atoms with Gasteiger partial charge in [0, 0.05) is 25.2 Å². The van der Waals surface area contributed by atoms with E-state index >= 15 is 0 Å². The van der Waals surface area contributed by atoms with Gasteiger partial charge in [-0.2, -0.15) is 0 Å². The number of nitrogens with zero attached hydrogens (tertiary/aromatic N) is 1. The van der Waals surface area contributed by atoms with Crippen LogP contribution in [0.5, 0.6) is 0 Å². The molecule has 0 bridgehead atoms. The molecule has 0 heterocycles. The number of carboxylic acid groups (broad SMARTS) is 1. The largest absolute Gasteiger partial charge is 0.478 e. The summed E-state index contributed by atoms with van der Waals surface area (Å²) < 4.78 is 0. The van der Waals surface area contributed by atoms with Crippen molar-refractivity contribution in [2.24, 2.45) is 0 Å². The first kappa shape index (κ1) is 16.0. The molecule has 0 atom stereocenters. The topological polar surface area (TPSA) is 57.6 Å². The Labute approximate surface area is 119 Å². The monoisotopic (exact) mass is 275 g/mol. The molecule has 0 aliphatic heterocycles. The van der Waals surface area contributed by atoms with Gasteiger partial charge in [-0.25, -0.2) is 4.79 Å². The Morgan fingerprint density at radius 1 is 1.20 bits per heavy atom. The van der Waals surface area contributed by atoms with Gasteiger partial charge < -0.3 is 10.0 Å². The van der Waals surface area contributed by atoms with E-state index in [1.165, 1.54) is 6.08 Å². The molecule has 0 saturated heterocycles. The predicted octanol–water partition coefficient (Wildman–Crippen LogP) is 3.33. The van der Waals surface area contributed by atoms with Crippen molar-refractivity contribution < 1.29 is 14.7 Å². The van der Waals surface area contributed by atoms with Gasteiger partial charge in [0.2, 0.25) is 5.91 Å². The molecule has 1 aromatic rings. The van der Waals surface area contributed by atoms with E-state index in [0.29, 0.717) is 6.54 Å². The number of benzene rings is 1. The SMILES string of the molecule is CCCCCN(C(C)=O)c1ccc(C=CC(=O)O)cc1. The Hall–Kier alpha value is -2.10. The highest BCUT2D eigenvalue weighted by atomic mass is 16.4. The summed E-state index contributed by atoms with van der Waals surface area (Å²) in [6.45, 7) is 4.40. The maximum absolute atomic E-state index is 11.7. The lowest BCUT2D eigenvalue weighted by molar-refractivity contribution is -0.131. The minimum atomic E-state index is -0.973. The molecule has 1 amide bonds. The van der Waals surface area contributed by atoms with Gasteiger partial charge in [0.1, 0.15) is 0 Å². The summed E-state index contributed by atoms with van der Waals surface area (Å²) in [5, 5.41) is 8.57. The Morgan fingerprint density at radius 3 is 2.35 bits per heavy atom. The first-order valence-electron chi connectivity index (χ1n) is 6.83. The molecule has 0 aliphatic carbocycles. The number of hydrogen-bond acceptors (Lipinski definition) is 2. The van der Waals surface area contributed by atoms with Crippen LogP contribution in [-0.2, 0) is 9.59 Å². The Kier molecular flexibility index (Phi) is 6.50. The van der Waals surface area contributed by atoms with Crippen LogP contribution in [0.4, 0.5) is 5.69 Å². The van der Waals surface area contributed by atoms with E-state index in [0.717, 1.165) is 36.6 Å². The van der Waals surface area contributed by atoms with Crippen LogP contribution in [0.3, 0.4) is 0 Å². The molecular formula is C16H21NO3. The molecule has 1 aromatic carbocycles. The summed E-state index contributed by atoms with van der Waals surface area (Å²) in [7, 11) is 0. The van der Waals surface area contributed by atoms with Crippen LogP contribution >= 0.6 is 0 Å². The second-order valence-electron chi connectivity index (χ2n) is 4.64. The van der Waals surface area contributed by atoms with Gasteiger partial charge in [-0.05, 0) is 30.2 Å². The molecule has 4 nitrogen and oxygen atoms in total. The number of carbonyl (C=O) groups is 2. The summed E-state index contributed by atoms with van der Waals surface area (Å²) >= 11 is 0. The van der Waals surface area contributed by atoms with E-state index in [4.69, 9.17) is 5.11 Å². The first-order chi connectivity index (χ1) is 9.54. The number of rotatable bonds is 7. The molecule has 0 unspecified atom stereocenters. The number of amides is 1. The van der Waals surface area contributed by atoms with Gasteiger partial charge in [0.25, 0.3) is 0 Å². The number of hydrogen-bond donors (Lipinski definition) is 1. The van der Waals surface area contributed by atoms with E-state index in [1.54, 1.807) is 11.8 Å².